The van der Waals surface area contributed by atoms with Crippen molar-refractivity contribution in [2.45, 2.75) is 277 Å². The summed E-state index contributed by atoms with van der Waals surface area (Å²) in [5, 5.41) is 0. The average molecular weight is 1150 g/mol. The van der Waals surface area contributed by atoms with Crippen LogP contribution in [0.3, 0.4) is 0 Å². The second-order valence-electron chi connectivity index (χ2n) is 21.2. The Kier molecular flexibility index (Phi) is 62.2. The number of esters is 2. The largest absolute Gasteiger partial charge is 0.472 e. The van der Waals surface area contributed by atoms with Crippen molar-refractivity contribution >= 4 is 19.8 Å². The minimum atomic E-state index is -4.41. The van der Waals surface area contributed by atoms with E-state index in [-0.39, 0.29) is 32.6 Å². The van der Waals surface area contributed by atoms with Crippen LogP contribution in [0.15, 0.2) is 134 Å². The third kappa shape index (κ3) is 65.2. The Morgan fingerprint density at radius 2 is 0.654 bits per heavy atom. The first kappa shape index (κ1) is 77.2. The van der Waals surface area contributed by atoms with Crippen molar-refractivity contribution in [1.29, 1.82) is 0 Å². The first-order valence-electron chi connectivity index (χ1n) is 32.7. The van der Waals surface area contributed by atoms with Gasteiger partial charge in [0, 0.05) is 19.4 Å². The molecule has 10 heteroatoms. The maximum Gasteiger partial charge on any atom is 0.472 e. The van der Waals surface area contributed by atoms with Gasteiger partial charge in [-0.1, -0.05) is 289 Å². The molecule has 0 aliphatic rings. The molecule has 0 amide bonds. The number of unbranched alkanes of at least 4 members (excludes halogenated alkanes) is 25. The van der Waals surface area contributed by atoms with Crippen LogP contribution in [0.2, 0.25) is 0 Å². The molecule has 9 nitrogen and oxygen atoms in total. The lowest BCUT2D eigenvalue weighted by molar-refractivity contribution is -0.161. The summed E-state index contributed by atoms with van der Waals surface area (Å²) < 4.78 is 33.0. The van der Waals surface area contributed by atoms with Crippen LogP contribution in [0.4, 0.5) is 0 Å². The number of carbonyl (C=O) groups excluding carboxylic acids is 2. The monoisotopic (exact) mass is 1150 g/mol. The van der Waals surface area contributed by atoms with Gasteiger partial charge in [-0.15, -0.1) is 0 Å². The number of phosphoric ester groups is 1. The predicted molar refractivity (Wildman–Crippen MR) is 348 cm³/mol. The number of hydrogen-bond acceptors (Lipinski definition) is 8. The Hall–Kier alpha value is -3.85. The van der Waals surface area contributed by atoms with Crippen molar-refractivity contribution in [3.8, 4) is 0 Å². The molecule has 0 heterocycles. The van der Waals surface area contributed by atoms with Gasteiger partial charge in [0.25, 0.3) is 0 Å². The van der Waals surface area contributed by atoms with Crippen LogP contribution in [-0.2, 0) is 32.7 Å². The van der Waals surface area contributed by atoms with Crippen molar-refractivity contribution in [2.75, 3.05) is 26.4 Å². The lowest BCUT2D eigenvalue weighted by Gasteiger charge is -2.19. The summed E-state index contributed by atoms with van der Waals surface area (Å²) in [5.41, 5.74) is 5.39. The molecule has 0 saturated heterocycles. The number of hydrogen-bond donors (Lipinski definition) is 2. The van der Waals surface area contributed by atoms with Crippen LogP contribution < -0.4 is 5.73 Å². The Bertz CT molecular complexity index is 1790. The second-order valence-corrected chi connectivity index (χ2v) is 22.7. The van der Waals surface area contributed by atoms with Gasteiger partial charge >= 0.3 is 19.8 Å². The van der Waals surface area contributed by atoms with Crippen molar-refractivity contribution in [1.82, 2.24) is 0 Å². The zero-order valence-electron chi connectivity index (χ0n) is 51.7. The molecule has 0 aliphatic heterocycles. The van der Waals surface area contributed by atoms with Crippen molar-refractivity contribution in [3.05, 3.63) is 134 Å². The van der Waals surface area contributed by atoms with Crippen molar-refractivity contribution in [3.63, 3.8) is 0 Å². The number of carbonyl (C=O) groups is 2. The summed E-state index contributed by atoms with van der Waals surface area (Å²) in [6.07, 6.45) is 92.7. The number of allylic oxidation sites excluding steroid dienone is 22. The van der Waals surface area contributed by atoms with E-state index in [9.17, 15) is 19.0 Å². The second kappa shape index (κ2) is 65.3. The normalized spacial score (nSPS) is 13.9. The van der Waals surface area contributed by atoms with Gasteiger partial charge in [0.1, 0.15) is 6.61 Å². The maximum absolute atomic E-state index is 12.7. The molecular weight excluding hydrogens is 1030 g/mol. The van der Waals surface area contributed by atoms with E-state index in [1.54, 1.807) is 0 Å². The summed E-state index contributed by atoms with van der Waals surface area (Å²) in [5.74, 6) is -0.897. The van der Waals surface area contributed by atoms with Gasteiger partial charge in [0.2, 0.25) is 0 Å². The summed E-state index contributed by atoms with van der Waals surface area (Å²) in [6, 6.07) is 0. The van der Waals surface area contributed by atoms with Gasteiger partial charge in [0.05, 0.1) is 13.2 Å². The molecule has 2 unspecified atom stereocenters. The van der Waals surface area contributed by atoms with Crippen LogP contribution in [0.5, 0.6) is 0 Å². The van der Waals surface area contributed by atoms with E-state index in [0.29, 0.717) is 12.8 Å². The number of rotatable bonds is 60. The molecule has 0 radical (unpaired) electrons. The smallest absolute Gasteiger partial charge is 0.462 e. The molecule has 2 atom stereocenters. The Labute approximate surface area is 497 Å². The standard InChI is InChI=1S/C71H120NO8P/c1-3-5-7-9-11-13-15-17-19-21-23-25-27-28-29-30-31-32-33-34-35-36-37-38-39-40-42-43-45-47-49-51-53-55-57-59-61-63-70(73)77-67-69(68-79-81(75,76)78-66-65-72)80-71(74)64-62-60-58-56-54-52-50-48-46-44-41-26-24-22-20-18-16-14-12-10-8-6-4-2/h5-8,11-14,17-20,23-26,44,46,50,52,56,58,69H,3-4,9-10,15-16,21-22,27-43,45,47-49,51,53-55,57,59-68,72H2,1-2H3,(H,75,76)/b7-5-,8-6-,13-11-,14-12-,19-17-,20-18-,25-23-,26-24-,46-44-,52-50-,58-56-. The van der Waals surface area contributed by atoms with E-state index in [1.165, 1.54) is 141 Å². The summed E-state index contributed by atoms with van der Waals surface area (Å²) in [6.45, 7) is 3.46. The predicted octanol–water partition coefficient (Wildman–Crippen LogP) is 21.3. The maximum atomic E-state index is 12.7. The van der Waals surface area contributed by atoms with Gasteiger partial charge in [0.15, 0.2) is 6.10 Å². The number of nitrogens with two attached hydrogens (primary N) is 1. The highest BCUT2D eigenvalue weighted by Gasteiger charge is 2.26. The zero-order chi connectivity index (χ0) is 58.7. The van der Waals surface area contributed by atoms with Gasteiger partial charge in [-0.3, -0.25) is 18.6 Å². The molecule has 81 heavy (non-hydrogen) atoms. The quantitative estimate of drug-likeness (QED) is 0.0264. The van der Waals surface area contributed by atoms with Crippen LogP contribution in [0.25, 0.3) is 0 Å². The lowest BCUT2D eigenvalue weighted by atomic mass is 10.0. The Balaban J connectivity index is 3.91. The van der Waals surface area contributed by atoms with Gasteiger partial charge in [-0.05, 0) is 103 Å². The highest BCUT2D eigenvalue weighted by atomic mass is 31.2. The molecule has 0 saturated carbocycles. The SMILES string of the molecule is CC/C=C\C/C=C\C/C=C\C/C=C\C/C=C\C/C=C\C/C=C\CCCC(=O)OC(COC(=O)CCCCCCCCCCCCCCCCCCCCCCCCCC/C=C\C/C=C\C/C=C\C/C=C\CC)COP(=O)(O)OCCN. The van der Waals surface area contributed by atoms with Gasteiger partial charge in [-0.25, -0.2) is 4.57 Å². The Morgan fingerprint density at radius 3 is 0.988 bits per heavy atom. The third-order valence-corrected chi connectivity index (χ3v) is 14.5. The molecule has 0 bridgehead atoms. The third-order valence-electron chi connectivity index (χ3n) is 13.5. The summed E-state index contributed by atoms with van der Waals surface area (Å²) in [4.78, 5) is 35.2. The van der Waals surface area contributed by atoms with E-state index in [4.69, 9.17) is 24.3 Å². The first-order valence-corrected chi connectivity index (χ1v) is 34.2. The summed E-state index contributed by atoms with van der Waals surface area (Å²) >= 11 is 0. The molecule has 3 N–H and O–H groups in total. The molecule has 0 fully saturated rings. The van der Waals surface area contributed by atoms with Crippen LogP contribution >= 0.6 is 7.82 Å². The zero-order valence-corrected chi connectivity index (χ0v) is 52.6. The lowest BCUT2D eigenvalue weighted by Crippen LogP contribution is -2.29. The van der Waals surface area contributed by atoms with Gasteiger partial charge < -0.3 is 20.1 Å². The van der Waals surface area contributed by atoms with Gasteiger partial charge in [-0.2, -0.15) is 0 Å². The molecule has 462 valence electrons. The molecular formula is C71H120NO8P. The van der Waals surface area contributed by atoms with Crippen molar-refractivity contribution in [2.24, 2.45) is 5.73 Å². The Morgan fingerprint density at radius 1 is 0.370 bits per heavy atom. The molecule has 0 aromatic rings. The van der Waals surface area contributed by atoms with Crippen molar-refractivity contribution < 1.29 is 37.6 Å². The van der Waals surface area contributed by atoms with E-state index in [2.05, 4.69) is 141 Å². The average Bonchev–Trinajstić information content (AvgIpc) is 3.46. The van der Waals surface area contributed by atoms with Crippen LogP contribution in [0.1, 0.15) is 271 Å². The van der Waals surface area contributed by atoms with Crippen LogP contribution in [0, 0.1) is 0 Å². The highest BCUT2D eigenvalue weighted by Crippen LogP contribution is 2.43. The molecule has 0 spiro atoms. The fourth-order valence-electron chi connectivity index (χ4n) is 8.79. The minimum absolute atomic E-state index is 0.0389. The fourth-order valence-corrected chi connectivity index (χ4v) is 9.56. The molecule has 0 rings (SSSR count). The van der Waals surface area contributed by atoms with E-state index < -0.39 is 32.5 Å². The number of phosphoric acid groups is 1. The summed E-state index contributed by atoms with van der Waals surface area (Å²) in [7, 11) is -4.41. The molecule has 0 aromatic heterocycles. The van der Waals surface area contributed by atoms with E-state index in [0.717, 1.165) is 89.9 Å². The molecule has 0 aliphatic carbocycles. The fraction of sp³-hybridized carbons (Fsp3) is 0.662. The van der Waals surface area contributed by atoms with E-state index >= 15 is 0 Å². The van der Waals surface area contributed by atoms with E-state index in [1.807, 2.05) is 6.08 Å². The minimum Gasteiger partial charge on any atom is -0.462 e. The molecule has 0 aromatic carbocycles. The topological polar surface area (TPSA) is 134 Å². The highest BCUT2D eigenvalue weighted by molar-refractivity contribution is 7.47. The van der Waals surface area contributed by atoms with Crippen LogP contribution in [-0.4, -0.2) is 49.3 Å². The number of ether oxygens (including phenoxy) is 2. The first-order chi connectivity index (χ1) is 39.8.